The van der Waals surface area contributed by atoms with Gasteiger partial charge in [-0.25, -0.2) is 4.79 Å². The molecule has 39 heavy (non-hydrogen) atoms. The van der Waals surface area contributed by atoms with E-state index in [0.29, 0.717) is 47.9 Å². The largest absolute Gasteiger partial charge is 0.492 e. The van der Waals surface area contributed by atoms with Crippen LogP contribution in [0.15, 0.2) is 66.7 Å². The summed E-state index contributed by atoms with van der Waals surface area (Å²) in [6, 6.07) is 20.2. The molecule has 0 spiro atoms. The SMILES string of the molecule is N#Cc1cc(-c2ccc(OCCN3CCOCC3)cc2)c2c(c1)nc(OC(=O)C(F)(F)F)n2-c1ccccc1. The van der Waals surface area contributed by atoms with Crippen molar-refractivity contribution >= 4 is 17.0 Å². The van der Waals surface area contributed by atoms with Crippen LogP contribution in [0.2, 0.25) is 0 Å². The number of benzene rings is 3. The van der Waals surface area contributed by atoms with E-state index in [0.717, 1.165) is 19.6 Å². The number of nitrogens with zero attached hydrogens (tertiary/aromatic N) is 4. The lowest BCUT2D eigenvalue weighted by molar-refractivity contribution is -0.190. The summed E-state index contributed by atoms with van der Waals surface area (Å²) in [5, 5.41) is 9.61. The number of alkyl halides is 3. The van der Waals surface area contributed by atoms with E-state index >= 15 is 0 Å². The van der Waals surface area contributed by atoms with Gasteiger partial charge in [0.05, 0.1) is 41.6 Å². The molecule has 0 unspecified atom stereocenters. The number of esters is 1. The number of carbonyl (C=O) groups excluding carboxylic acids is 1. The van der Waals surface area contributed by atoms with Gasteiger partial charge in [-0.3, -0.25) is 9.47 Å². The molecule has 2 heterocycles. The fourth-order valence-electron chi connectivity index (χ4n) is 4.35. The van der Waals surface area contributed by atoms with Gasteiger partial charge in [0.15, 0.2) is 0 Å². The maximum atomic E-state index is 13.0. The van der Waals surface area contributed by atoms with Gasteiger partial charge in [0, 0.05) is 25.2 Å². The molecule has 0 saturated carbocycles. The Morgan fingerprint density at radius 2 is 1.77 bits per heavy atom. The Labute approximate surface area is 221 Å². The number of hydrogen-bond acceptors (Lipinski definition) is 7. The number of imidazole rings is 1. The first-order chi connectivity index (χ1) is 18.8. The molecule has 1 aromatic heterocycles. The van der Waals surface area contributed by atoms with Gasteiger partial charge in [-0.05, 0) is 42.0 Å². The summed E-state index contributed by atoms with van der Waals surface area (Å²) in [5.41, 5.74) is 2.45. The van der Waals surface area contributed by atoms with Crippen LogP contribution in [0.4, 0.5) is 13.2 Å². The van der Waals surface area contributed by atoms with E-state index in [9.17, 15) is 23.2 Å². The number of halogens is 3. The van der Waals surface area contributed by atoms with Gasteiger partial charge in [-0.15, -0.1) is 0 Å². The zero-order valence-corrected chi connectivity index (χ0v) is 20.6. The predicted molar refractivity (Wildman–Crippen MR) is 136 cm³/mol. The highest BCUT2D eigenvalue weighted by atomic mass is 19.4. The summed E-state index contributed by atoms with van der Waals surface area (Å²) in [5.74, 6) is -1.74. The average Bonchev–Trinajstić information content (AvgIpc) is 3.31. The zero-order chi connectivity index (χ0) is 27.4. The topological polar surface area (TPSA) is 89.6 Å². The predicted octanol–water partition coefficient (Wildman–Crippen LogP) is 4.74. The molecule has 8 nitrogen and oxygen atoms in total. The lowest BCUT2D eigenvalue weighted by atomic mass is 10.0. The first-order valence-corrected chi connectivity index (χ1v) is 12.2. The highest BCUT2D eigenvalue weighted by Crippen LogP contribution is 2.36. The molecule has 4 aromatic rings. The number of ether oxygens (including phenoxy) is 3. The van der Waals surface area contributed by atoms with Crippen molar-refractivity contribution in [3.05, 3.63) is 72.3 Å². The normalized spacial score (nSPS) is 14.2. The van der Waals surface area contributed by atoms with E-state index in [1.54, 1.807) is 60.7 Å². The smallest absolute Gasteiger partial charge is 0.491 e. The Morgan fingerprint density at radius 3 is 2.44 bits per heavy atom. The van der Waals surface area contributed by atoms with Crippen molar-refractivity contribution in [1.82, 2.24) is 14.5 Å². The zero-order valence-electron chi connectivity index (χ0n) is 20.6. The molecule has 1 fully saturated rings. The monoisotopic (exact) mass is 536 g/mol. The average molecular weight is 537 g/mol. The summed E-state index contributed by atoms with van der Waals surface area (Å²) in [7, 11) is 0. The van der Waals surface area contributed by atoms with Crippen LogP contribution in [-0.2, 0) is 9.53 Å². The number of aromatic nitrogens is 2. The quantitative estimate of drug-likeness (QED) is 0.315. The Kier molecular flexibility index (Phi) is 7.49. The van der Waals surface area contributed by atoms with Gasteiger partial charge in [-0.1, -0.05) is 30.3 Å². The van der Waals surface area contributed by atoms with E-state index in [1.165, 1.54) is 10.6 Å². The van der Waals surface area contributed by atoms with E-state index in [2.05, 4.69) is 16.0 Å². The number of fused-ring (bicyclic) bond motifs is 1. The minimum atomic E-state index is -5.21. The van der Waals surface area contributed by atoms with Crippen molar-refractivity contribution < 1.29 is 32.2 Å². The molecule has 0 radical (unpaired) electrons. The van der Waals surface area contributed by atoms with Crippen molar-refractivity contribution in [2.45, 2.75) is 6.18 Å². The molecule has 3 aromatic carbocycles. The van der Waals surface area contributed by atoms with Gasteiger partial charge in [0.25, 0.3) is 0 Å². The van der Waals surface area contributed by atoms with Crippen LogP contribution in [-0.4, -0.2) is 66.1 Å². The molecule has 1 aliphatic heterocycles. The third kappa shape index (κ3) is 5.87. The van der Waals surface area contributed by atoms with Crippen LogP contribution in [0, 0.1) is 11.3 Å². The van der Waals surface area contributed by atoms with Crippen LogP contribution in [0.25, 0.3) is 27.8 Å². The molecule has 0 bridgehead atoms. The van der Waals surface area contributed by atoms with Crippen molar-refractivity contribution in [1.29, 1.82) is 5.26 Å². The van der Waals surface area contributed by atoms with Crippen LogP contribution < -0.4 is 9.47 Å². The first-order valence-electron chi connectivity index (χ1n) is 12.2. The summed E-state index contributed by atoms with van der Waals surface area (Å²) in [4.78, 5) is 18.2. The highest BCUT2D eigenvalue weighted by Gasteiger charge is 2.42. The van der Waals surface area contributed by atoms with Crippen molar-refractivity contribution in [2.75, 3.05) is 39.5 Å². The van der Waals surface area contributed by atoms with Gasteiger partial charge in [-0.2, -0.15) is 23.4 Å². The molecule has 0 atom stereocenters. The van der Waals surface area contributed by atoms with Crippen molar-refractivity contribution in [3.8, 4) is 34.6 Å². The van der Waals surface area contributed by atoms with Crippen LogP contribution >= 0.6 is 0 Å². The van der Waals surface area contributed by atoms with Gasteiger partial charge in [0.1, 0.15) is 12.4 Å². The fraction of sp³-hybridized carbons (Fsp3) is 0.250. The molecular formula is C28H23F3N4O4. The van der Waals surface area contributed by atoms with E-state index in [-0.39, 0.29) is 11.1 Å². The fourth-order valence-corrected chi connectivity index (χ4v) is 4.35. The summed E-state index contributed by atoms with van der Waals surface area (Å²) < 4.78 is 56.4. The molecule has 0 amide bonds. The molecule has 1 saturated heterocycles. The van der Waals surface area contributed by atoms with Crippen LogP contribution in [0.5, 0.6) is 11.8 Å². The number of para-hydroxylation sites is 1. The summed E-state index contributed by atoms with van der Waals surface area (Å²) >= 11 is 0. The first kappa shape index (κ1) is 26.2. The standard InChI is InChI=1S/C28H23F3N4O4/c29-28(30,31)26(36)39-27-33-24-17-19(18-32)16-23(25(24)35(27)21-4-2-1-3-5-21)20-6-8-22(9-7-20)38-15-12-34-10-13-37-14-11-34/h1-9,16-17H,10-15H2. The second-order valence-electron chi connectivity index (χ2n) is 8.78. The number of carbonyl (C=O) groups is 1. The Bertz CT molecular complexity index is 1510. The number of nitriles is 1. The van der Waals surface area contributed by atoms with Crippen LogP contribution in [0.3, 0.4) is 0 Å². The highest BCUT2D eigenvalue weighted by molar-refractivity contribution is 5.96. The third-order valence-electron chi connectivity index (χ3n) is 6.22. The second-order valence-corrected chi connectivity index (χ2v) is 8.78. The van der Waals surface area contributed by atoms with Gasteiger partial charge < -0.3 is 14.2 Å². The lowest BCUT2D eigenvalue weighted by Crippen LogP contribution is -2.38. The second kappa shape index (κ2) is 11.1. The molecule has 200 valence electrons. The van der Waals surface area contributed by atoms with Crippen LogP contribution in [0.1, 0.15) is 5.56 Å². The third-order valence-corrected chi connectivity index (χ3v) is 6.22. The van der Waals surface area contributed by atoms with Crippen molar-refractivity contribution in [2.24, 2.45) is 0 Å². The Hall–Kier alpha value is -4.40. The Balaban J connectivity index is 1.52. The number of rotatable bonds is 7. The molecule has 0 N–H and O–H groups in total. The maximum Gasteiger partial charge on any atom is 0.491 e. The molecule has 11 heteroatoms. The Morgan fingerprint density at radius 1 is 1.05 bits per heavy atom. The van der Waals surface area contributed by atoms with E-state index in [4.69, 9.17) is 14.2 Å². The molecule has 5 rings (SSSR count). The number of morpholine rings is 1. The minimum absolute atomic E-state index is 0.198. The van der Waals surface area contributed by atoms with Crippen molar-refractivity contribution in [3.63, 3.8) is 0 Å². The molecule has 0 aliphatic carbocycles. The lowest BCUT2D eigenvalue weighted by Gasteiger charge is -2.26. The number of hydrogen-bond donors (Lipinski definition) is 0. The summed E-state index contributed by atoms with van der Waals surface area (Å²) in [6.45, 7) is 4.42. The van der Waals surface area contributed by atoms with Gasteiger partial charge in [0.2, 0.25) is 0 Å². The maximum absolute atomic E-state index is 13.0. The van der Waals surface area contributed by atoms with E-state index < -0.39 is 18.2 Å². The van der Waals surface area contributed by atoms with E-state index in [1.807, 2.05) is 0 Å². The molecule has 1 aliphatic rings. The molecular weight excluding hydrogens is 513 g/mol. The van der Waals surface area contributed by atoms with Gasteiger partial charge >= 0.3 is 18.2 Å². The minimum Gasteiger partial charge on any atom is -0.492 e. The summed E-state index contributed by atoms with van der Waals surface area (Å²) in [6.07, 6.45) is -5.21.